The van der Waals surface area contributed by atoms with Gasteiger partial charge in [0, 0.05) is 6.61 Å². The van der Waals surface area contributed by atoms with Crippen molar-refractivity contribution in [3.05, 3.63) is 47.5 Å². The third kappa shape index (κ3) is 7.86. The van der Waals surface area contributed by atoms with E-state index in [4.69, 9.17) is 9.16 Å². The van der Waals surface area contributed by atoms with E-state index < -0.39 is 14.4 Å². The molecule has 1 aromatic rings. The molecule has 0 fully saturated rings. The molecule has 1 N–H and O–H groups in total. The van der Waals surface area contributed by atoms with Gasteiger partial charge in [-0.05, 0) is 44.0 Å². The summed E-state index contributed by atoms with van der Waals surface area (Å²) in [5.41, 5.74) is 2.26. The Morgan fingerprint density at radius 3 is 2.36 bits per heavy atom. The van der Waals surface area contributed by atoms with Crippen molar-refractivity contribution in [2.75, 3.05) is 6.61 Å². The van der Waals surface area contributed by atoms with E-state index in [1.807, 2.05) is 50.3 Å². The van der Waals surface area contributed by atoms with Crippen LogP contribution < -0.4 is 0 Å². The number of hydrogen-bond acceptors (Lipinski definition) is 3. The van der Waals surface area contributed by atoms with E-state index in [0.717, 1.165) is 17.6 Å². The molecule has 1 aromatic carbocycles. The topological polar surface area (TPSA) is 38.7 Å². The molecule has 0 aliphatic heterocycles. The molecule has 0 heterocycles. The van der Waals surface area contributed by atoms with Crippen LogP contribution in [0.1, 0.15) is 46.6 Å². The van der Waals surface area contributed by atoms with E-state index >= 15 is 0 Å². The molecule has 3 nitrogen and oxygen atoms in total. The molecular formula is C21H36O3Si. The standard InChI is InChI=1S/C21H36O3Si/c1-17(13-14-24-25(6,7)21(3,4)5)15-20(22)18(2)23-16-19-11-9-8-10-12-19/h8-12,15,18,20,22H,13-14,16H2,1-7H3/b17-15+/t18-,20-/m0/s1. The van der Waals surface area contributed by atoms with Gasteiger partial charge in [-0.3, -0.25) is 0 Å². The van der Waals surface area contributed by atoms with Gasteiger partial charge in [0.2, 0.25) is 0 Å². The van der Waals surface area contributed by atoms with Gasteiger partial charge in [-0.25, -0.2) is 0 Å². The summed E-state index contributed by atoms with van der Waals surface area (Å²) in [5.74, 6) is 0. The van der Waals surface area contributed by atoms with E-state index in [0.29, 0.717) is 13.2 Å². The number of rotatable bonds is 9. The minimum atomic E-state index is -1.70. The summed E-state index contributed by atoms with van der Waals surface area (Å²) in [6.07, 6.45) is 1.90. The predicted octanol–water partition coefficient (Wildman–Crippen LogP) is 5.31. The zero-order valence-electron chi connectivity index (χ0n) is 17.0. The van der Waals surface area contributed by atoms with Crippen molar-refractivity contribution in [3.8, 4) is 0 Å². The van der Waals surface area contributed by atoms with Gasteiger partial charge >= 0.3 is 0 Å². The molecule has 0 aromatic heterocycles. The second-order valence-electron chi connectivity index (χ2n) is 8.36. The van der Waals surface area contributed by atoms with Crippen LogP contribution in [-0.4, -0.2) is 32.2 Å². The highest BCUT2D eigenvalue weighted by molar-refractivity contribution is 6.74. The normalized spacial score (nSPS) is 15.9. The maximum Gasteiger partial charge on any atom is 0.191 e. The van der Waals surface area contributed by atoms with Gasteiger partial charge in [0.05, 0.1) is 18.8 Å². The lowest BCUT2D eigenvalue weighted by Gasteiger charge is -2.36. The Labute approximate surface area is 155 Å². The minimum absolute atomic E-state index is 0.226. The molecule has 25 heavy (non-hydrogen) atoms. The van der Waals surface area contributed by atoms with Gasteiger partial charge in [-0.1, -0.05) is 62.8 Å². The maximum absolute atomic E-state index is 10.3. The third-order valence-corrected chi connectivity index (χ3v) is 9.60. The number of benzene rings is 1. The SMILES string of the molecule is C/C(=C\[C@H](O)[C@H](C)OCc1ccccc1)CCO[Si](C)(C)C(C)(C)C. The van der Waals surface area contributed by atoms with Crippen molar-refractivity contribution in [3.63, 3.8) is 0 Å². The monoisotopic (exact) mass is 364 g/mol. The molecule has 0 aliphatic carbocycles. The third-order valence-electron chi connectivity index (χ3n) is 5.06. The van der Waals surface area contributed by atoms with Gasteiger partial charge in [-0.2, -0.15) is 0 Å². The summed E-state index contributed by atoms with van der Waals surface area (Å²) in [7, 11) is -1.70. The lowest BCUT2D eigenvalue weighted by molar-refractivity contribution is -0.0156. The Balaban J connectivity index is 2.41. The number of hydrogen-bond donors (Lipinski definition) is 1. The van der Waals surface area contributed by atoms with E-state index in [1.165, 1.54) is 0 Å². The van der Waals surface area contributed by atoms with Crippen molar-refractivity contribution in [2.24, 2.45) is 0 Å². The first-order valence-corrected chi connectivity index (χ1v) is 12.1. The molecule has 0 unspecified atom stereocenters. The number of aliphatic hydroxyl groups is 1. The van der Waals surface area contributed by atoms with E-state index in [2.05, 4.69) is 33.9 Å². The Morgan fingerprint density at radius 1 is 1.20 bits per heavy atom. The van der Waals surface area contributed by atoms with Crippen molar-refractivity contribution in [2.45, 2.75) is 78.0 Å². The highest BCUT2D eigenvalue weighted by atomic mass is 28.4. The second kappa shape index (κ2) is 9.67. The fourth-order valence-corrected chi connectivity index (χ4v) is 3.14. The first-order valence-electron chi connectivity index (χ1n) is 9.18. The first-order chi connectivity index (χ1) is 11.5. The summed E-state index contributed by atoms with van der Waals surface area (Å²) in [6.45, 7) is 16.4. The van der Waals surface area contributed by atoms with E-state index in [1.54, 1.807) is 0 Å². The zero-order valence-corrected chi connectivity index (χ0v) is 18.0. The Bertz CT molecular complexity index is 532. The molecule has 4 heteroatoms. The summed E-state index contributed by atoms with van der Waals surface area (Å²) in [5, 5.41) is 10.5. The fraction of sp³-hybridized carbons (Fsp3) is 0.619. The Hall–Kier alpha value is -0.943. The molecule has 0 bridgehead atoms. The molecule has 2 atom stereocenters. The molecule has 0 radical (unpaired) electrons. The summed E-state index contributed by atoms with van der Waals surface area (Å²) in [6, 6.07) is 10.0. The van der Waals surface area contributed by atoms with E-state index in [9.17, 15) is 5.11 Å². The molecule has 0 spiro atoms. The van der Waals surface area contributed by atoms with Crippen molar-refractivity contribution in [1.29, 1.82) is 0 Å². The summed E-state index contributed by atoms with van der Waals surface area (Å²) in [4.78, 5) is 0. The Kier molecular flexibility index (Phi) is 8.55. The van der Waals surface area contributed by atoms with Crippen molar-refractivity contribution in [1.82, 2.24) is 0 Å². The summed E-state index contributed by atoms with van der Waals surface area (Å²) < 4.78 is 12.0. The van der Waals surface area contributed by atoms with Crippen LogP contribution in [0.3, 0.4) is 0 Å². The molecule has 0 amide bonds. The average molecular weight is 365 g/mol. The minimum Gasteiger partial charge on any atom is -0.417 e. The van der Waals surface area contributed by atoms with Crippen LogP contribution in [0.2, 0.25) is 18.1 Å². The summed E-state index contributed by atoms with van der Waals surface area (Å²) >= 11 is 0. The van der Waals surface area contributed by atoms with Gasteiger partial charge in [0.25, 0.3) is 0 Å². The Morgan fingerprint density at radius 2 is 1.80 bits per heavy atom. The molecule has 0 saturated heterocycles. The van der Waals surface area contributed by atoms with Crippen molar-refractivity contribution >= 4 is 8.32 Å². The maximum atomic E-state index is 10.3. The molecule has 0 saturated carbocycles. The van der Waals surface area contributed by atoms with E-state index in [-0.39, 0.29) is 11.1 Å². The highest BCUT2D eigenvalue weighted by Gasteiger charge is 2.36. The van der Waals surface area contributed by atoms with Crippen LogP contribution in [0.4, 0.5) is 0 Å². The van der Waals surface area contributed by atoms with Gasteiger partial charge in [0.1, 0.15) is 0 Å². The smallest absolute Gasteiger partial charge is 0.191 e. The average Bonchev–Trinajstić information content (AvgIpc) is 2.52. The van der Waals surface area contributed by atoms with Gasteiger partial charge in [0.15, 0.2) is 8.32 Å². The lowest BCUT2D eigenvalue weighted by Crippen LogP contribution is -2.41. The van der Waals surface area contributed by atoms with Crippen LogP contribution in [0, 0.1) is 0 Å². The van der Waals surface area contributed by atoms with Crippen LogP contribution in [0.25, 0.3) is 0 Å². The zero-order chi connectivity index (χ0) is 19.1. The second-order valence-corrected chi connectivity index (χ2v) is 13.2. The largest absolute Gasteiger partial charge is 0.417 e. The number of ether oxygens (including phenoxy) is 1. The fourth-order valence-electron chi connectivity index (χ4n) is 2.09. The molecule has 1 rings (SSSR count). The predicted molar refractivity (Wildman–Crippen MR) is 108 cm³/mol. The van der Waals surface area contributed by atoms with Crippen LogP contribution in [0.15, 0.2) is 42.0 Å². The van der Waals surface area contributed by atoms with Gasteiger partial charge in [-0.15, -0.1) is 0 Å². The first kappa shape index (κ1) is 22.1. The molecular weight excluding hydrogens is 328 g/mol. The van der Waals surface area contributed by atoms with Crippen LogP contribution >= 0.6 is 0 Å². The van der Waals surface area contributed by atoms with Crippen LogP contribution in [-0.2, 0) is 15.8 Å². The molecule has 0 aliphatic rings. The number of aliphatic hydroxyl groups excluding tert-OH is 1. The quantitative estimate of drug-likeness (QED) is 0.476. The highest BCUT2D eigenvalue weighted by Crippen LogP contribution is 2.36. The van der Waals surface area contributed by atoms with Gasteiger partial charge < -0.3 is 14.3 Å². The van der Waals surface area contributed by atoms with Crippen molar-refractivity contribution < 1.29 is 14.3 Å². The lowest BCUT2D eigenvalue weighted by atomic mass is 10.1. The molecule has 142 valence electrons. The van der Waals surface area contributed by atoms with Crippen LogP contribution in [0.5, 0.6) is 0 Å².